The lowest BCUT2D eigenvalue weighted by molar-refractivity contribution is 0.266. The molecule has 0 saturated heterocycles. The number of nitrogens with one attached hydrogen (secondary N) is 1. The normalized spacial score (nSPS) is 15.3. The van der Waals surface area contributed by atoms with E-state index in [2.05, 4.69) is 16.8 Å². The van der Waals surface area contributed by atoms with Crippen molar-refractivity contribution >= 4 is 16.7 Å². The number of likely N-dealkylation sites (N-methyl/N-ethyl adjacent to an activating group) is 1. The molecule has 1 aromatic carbocycles. The van der Waals surface area contributed by atoms with Crippen molar-refractivity contribution in [2.45, 2.75) is 19.9 Å². The van der Waals surface area contributed by atoms with Crippen LogP contribution in [0, 0.1) is 11.2 Å². The molecule has 104 valence electrons. The summed E-state index contributed by atoms with van der Waals surface area (Å²) in [4.78, 5) is 6.90. The highest BCUT2D eigenvalue weighted by Gasteiger charge is 2.23. The maximum atomic E-state index is 13.5. The zero-order chi connectivity index (χ0) is 14.3. The minimum Gasteiger partial charge on any atom is -0.384 e. The average Bonchev–Trinajstić information content (AvgIpc) is 2.43. The Hall–Kier alpha value is -2.01. The molecular formula is C15H17FN4. The molecule has 0 bridgehead atoms. The number of hydrogen-bond donors (Lipinski definition) is 2. The quantitative estimate of drug-likeness (QED) is 0.649. The van der Waals surface area contributed by atoms with E-state index in [1.807, 2.05) is 0 Å². The topological polar surface area (TPSA) is 66.0 Å². The molecule has 0 unspecified atom stereocenters. The first kappa shape index (κ1) is 13.0. The molecule has 4 nitrogen and oxygen atoms in total. The number of nitrogen functional groups attached to an aromatic ring is 1. The van der Waals surface area contributed by atoms with E-state index in [-0.39, 0.29) is 11.7 Å². The van der Waals surface area contributed by atoms with E-state index in [0.29, 0.717) is 16.5 Å². The van der Waals surface area contributed by atoms with Crippen molar-refractivity contribution < 1.29 is 4.39 Å². The van der Waals surface area contributed by atoms with E-state index in [1.54, 1.807) is 6.07 Å². The molecule has 0 fully saturated rings. The molecule has 3 rings (SSSR count). The molecule has 0 saturated carbocycles. The number of nitrogens with two attached hydrogens (primary N) is 1. The second kappa shape index (κ2) is 4.83. The molecule has 1 aliphatic rings. The Morgan fingerprint density at radius 2 is 2.30 bits per heavy atom. The summed E-state index contributed by atoms with van der Waals surface area (Å²) >= 11 is 0. The van der Waals surface area contributed by atoms with Gasteiger partial charge in [0, 0.05) is 36.2 Å². The van der Waals surface area contributed by atoms with Crippen LogP contribution in [0.5, 0.6) is 0 Å². The summed E-state index contributed by atoms with van der Waals surface area (Å²) in [6.07, 6.45) is 0.844. The standard InChI is InChI=1S/C15H17FN4/c1-2-20-6-5-13-11(8-20)14(15(17)18)10-7-9(16)3-4-12(10)19-13/h3-4,7H,2,5-6,8H2,1H3,(H3,17,18). The third kappa shape index (κ3) is 2.04. The van der Waals surface area contributed by atoms with Gasteiger partial charge in [-0.1, -0.05) is 6.92 Å². The van der Waals surface area contributed by atoms with Crippen LogP contribution in [-0.2, 0) is 13.0 Å². The van der Waals surface area contributed by atoms with E-state index in [4.69, 9.17) is 11.1 Å². The first-order chi connectivity index (χ1) is 9.60. The average molecular weight is 272 g/mol. The Kier molecular flexibility index (Phi) is 3.14. The summed E-state index contributed by atoms with van der Waals surface area (Å²) < 4.78 is 13.5. The third-order valence-corrected chi connectivity index (χ3v) is 3.90. The summed E-state index contributed by atoms with van der Waals surface area (Å²) in [5.74, 6) is -0.345. The Labute approximate surface area is 116 Å². The number of fused-ring (bicyclic) bond motifs is 2. The summed E-state index contributed by atoms with van der Waals surface area (Å²) in [6, 6.07) is 4.47. The summed E-state index contributed by atoms with van der Waals surface area (Å²) in [5.41, 5.74) is 9.07. The van der Waals surface area contributed by atoms with Gasteiger partial charge in [0.15, 0.2) is 0 Å². The first-order valence-electron chi connectivity index (χ1n) is 6.78. The fourth-order valence-electron chi connectivity index (χ4n) is 2.85. The number of halogens is 1. The molecular weight excluding hydrogens is 255 g/mol. The number of amidine groups is 1. The van der Waals surface area contributed by atoms with Crippen molar-refractivity contribution in [3.63, 3.8) is 0 Å². The maximum Gasteiger partial charge on any atom is 0.123 e. The van der Waals surface area contributed by atoms with Gasteiger partial charge >= 0.3 is 0 Å². The van der Waals surface area contributed by atoms with Gasteiger partial charge in [0.25, 0.3) is 0 Å². The molecule has 0 aliphatic carbocycles. The lowest BCUT2D eigenvalue weighted by Crippen LogP contribution is -2.33. The van der Waals surface area contributed by atoms with Crippen molar-refractivity contribution in [3.05, 3.63) is 40.8 Å². The number of hydrogen-bond acceptors (Lipinski definition) is 3. The Morgan fingerprint density at radius 3 is 3.00 bits per heavy atom. The van der Waals surface area contributed by atoms with Crippen LogP contribution in [0.2, 0.25) is 0 Å². The van der Waals surface area contributed by atoms with E-state index < -0.39 is 0 Å². The van der Waals surface area contributed by atoms with Crippen LogP contribution in [-0.4, -0.2) is 28.8 Å². The Bertz CT molecular complexity index is 696. The van der Waals surface area contributed by atoms with Crippen LogP contribution in [0.25, 0.3) is 10.9 Å². The zero-order valence-electron chi connectivity index (χ0n) is 11.4. The molecule has 0 atom stereocenters. The fourth-order valence-corrected chi connectivity index (χ4v) is 2.85. The lowest BCUT2D eigenvalue weighted by atomic mass is 9.95. The van der Waals surface area contributed by atoms with Gasteiger partial charge in [0.2, 0.25) is 0 Å². The predicted octanol–water partition coefficient (Wildman–Crippen LogP) is 2.04. The van der Waals surface area contributed by atoms with Crippen molar-refractivity contribution in [1.82, 2.24) is 9.88 Å². The van der Waals surface area contributed by atoms with Gasteiger partial charge < -0.3 is 5.73 Å². The molecule has 1 aromatic heterocycles. The molecule has 0 amide bonds. The number of nitrogens with zero attached hydrogens (tertiary/aromatic N) is 2. The summed E-state index contributed by atoms with van der Waals surface area (Å²) in [5, 5.41) is 8.49. The molecule has 0 radical (unpaired) electrons. The minimum atomic E-state index is -0.329. The van der Waals surface area contributed by atoms with Gasteiger partial charge in [0.1, 0.15) is 11.7 Å². The van der Waals surface area contributed by atoms with E-state index in [0.717, 1.165) is 37.3 Å². The van der Waals surface area contributed by atoms with Crippen LogP contribution >= 0.6 is 0 Å². The van der Waals surface area contributed by atoms with Gasteiger partial charge in [-0.15, -0.1) is 0 Å². The van der Waals surface area contributed by atoms with Gasteiger partial charge in [-0.25, -0.2) is 4.39 Å². The van der Waals surface area contributed by atoms with Crippen LogP contribution in [0.15, 0.2) is 18.2 Å². The second-order valence-electron chi connectivity index (χ2n) is 5.11. The molecule has 3 N–H and O–H groups in total. The van der Waals surface area contributed by atoms with E-state index in [9.17, 15) is 4.39 Å². The van der Waals surface area contributed by atoms with Crippen molar-refractivity contribution in [2.75, 3.05) is 13.1 Å². The van der Waals surface area contributed by atoms with E-state index in [1.165, 1.54) is 12.1 Å². The molecule has 0 spiro atoms. The highest BCUT2D eigenvalue weighted by Crippen LogP contribution is 2.28. The van der Waals surface area contributed by atoms with Crippen molar-refractivity contribution in [3.8, 4) is 0 Å². The SMILES string of the molecule is CCN1CCc2nc3ccc(F)cc3c(C(=N)N)c2C1. The summed E-state index contributed by atoms with van der Waals surface area (Å²) in [6.45, 7) is 4.73. The largest absolute Gasteiger partial charge is 0.384 e. The van der Waals surface area contributed by atoms with Crippen LogP contribution < -0.4 is 5.73 Å². The molecule has 2 heterocycles. The molecule has 20 heavy (non-hydrogen) atoms. The first-order valence-corrected chi connectivity index (χ1v) is 6.78. The van der Waals surface area contributed by atoms with Crippen molar-refractivity contribution in [1.29, 1.82) is 5.41 Å². The van der Waals surface area contributed by atoms with Gasteiger partial charge in [-0.3, -0.25) is 15.3 Å². The third-order valence-electron chi connectivity index (χ3n) is 3.90. The highest BCUT2D eigenvalue weighted by atomic mass is 19.1. The monoisotopic (exact) mass is 272 g/mol. The highest BCUT2D eigenvalue weighted by molar-refractivity contribution is 6.08. The molecule has 5 heteroatoms. The zero-order valence-corrected chi connectivity index (χ0v) is 11.4. The maximum absolute atomic E-state index is 13.5. The predicted molar refractivity (Wildman–Crippen MR) is 77.4 cm³/mol. The van der Waals surface area contributed by atoms with Gasteiger partial charge in [-0.2, -0.15) is 0 Å². The van der Waals surface area contributed by atoms with E-state index >= 15 is 0 Å². The number of aromatic nitrogens is 1. The minimum absolute atomic E-state index is 0.0165. The van der Waals surface area contributed by atoms with Crippen LogP contribution in [0.1, 0.15) is 23.7 Å². The van der Waals surface area contributed by atoms with Gasteiger partial charge in [0.05, 0.1) is 5.52 Å². The Morgan fingerprint density at radius 1 is 1.50 bits per heavy atom. The lowest BCUT2D eigenvalue weighted by Gasteiger charge is -2.29. The number of pyridine rings is 1. The molecule has 2 aromatic rings. The molecule has 1 aliphatic heterocycles. The Balaban J connectivity index is 2.30. The second-order valence-corrected chi connectivity index (χ2v) is 5.11. The number of benzene rings is 1. The smallest absolute Gasteiger partial charge is 0.123 e. The van der Waals surface area contributed by atoms with Crippen LogP contribution in [0.3, 0.4) is 0 Å². The van der Waals surface area contributed by atoms with Gasteiger partial charge in [-0.05, 0) is 30.3 Å². The summed E-state index contributed by atoms with van der Waals surface area (Å²) in [7, 11) is 0. The van der Waals surface area contributed by atoms with Crippen molar-refractivity contribution in [2.24, 2.45) is 5.73 Å². The number of rotatable bonds is 2. The fraction of sp³-hybridized carbons (Fsp3) is 0.333. The van der Waals surface area contributed by atoms with Crippen LogP contribution in [0.4, 0.5) is 4.39 Å².